The summed E-state index contributed by atoms with van der Waals surface area (Å²) in [4.78, 5) is 26.9. The molecule has 1 amide bonds. The average Bonchev–Trinajstić information content (AvgIpc) is 2.94. The van der Waals surface area contributed by atoms with Crippen molar-refractivity contribution in [1.29, 1.82) is 0 Å². The van der Waals surface area contributed by atoms with E-state index in [2.05, 4.69) is 5.10 Å². The van der Waals surface area contributed by atoms with Crippen molar-refractivity contribution < 1.29 is 18.4 Å². The van der Waals surface area contributed by atoms with Crippen molar-refractivity contribution in [2.24, 2.45) is 7.05 Å². The molecule has 138 valence electrons. The number of aryl methyl sites for hydroxylation is 2. The van der Waals surface area contributed by atoms with E-state index in [0.29, 0.717) is 5.69 Å². The number of hydrogen-bond acceptors (Lipinski definition) is 3. The normalized spacial score (nSPS) is 10.7. The predicted molar refractivity (Wildman–Crippen MR) is 96.9 cm³/mol. The number of ketones is 1. The minimum Gasteiger partial charge on any atom is -0.295 e. The van der Waals surface area contributed by atoms with Gasteiger partial charge in [-0.15, -0.1) is 0 Å². The Labute approximate surface area is 154 Å². The molecular weight excluding hydrogens is 352 g/mol. The zero-order valence-electron chi connectivity index (χ0n) is 15.0. The van der Waals surface area contributed by atoms with Crippen LogP contribution in [0, 0.1) is 18.6 Å². The molecule has 0 bridgehead atoms. The number of carbonyl (C=O) groups excluding carboxylic acids is 2. The predicted octanol–water partition coefficient (Wildman–Crippen LogP) is 3.51. The first-order valence-electron chi connectivity index (χ1n) is 8.18. The van der Waals surface area contributed by atoms with Gasteiger partial charge in [-0.2, -0.15) is 5.10 Å². The minimum atomic E-state index is -0.671. The van der Waals surface area contributed by atoms with E-state index in [0.717, 1.165) is 4.90 Å². The number of rotatable bonds is 4. The van der Waals surface area contributed by atoms with Crippen molar-refractivity contribution in [3.05, 3.63) is 82.5 Å². The standard InChI is InChI=1S/C20H17F2N3O2/c1-12-17(18(26)13-8-4-6-10-15(13)21)19(25(3)23-12)24(2)20(27)14-9-5-7-11-16(14)22/h4-11H,1-3H3. The maximum atomic E-state index is 14.1. The maximum absolute atomic E-state index is 14.1. The van der Waals surface area contributed by atoms with Gasteiger partial charge in [-0.1, -0.05) is 24.3 Å². The zero-order valence-corrected chi connectivity index (χ0v) is 15.0. The molecule has 0 N–H and O–H groups in total. The van der Waals surface area contributed by atoms with Crippen LogP contribution in [-0.4, -0.2) is 28.5 Å². The van der Waals surface area contributed by atoms with Crippen LogP contribution >= 0.6 is 0 Å². The Balaban J connectivity index is 2.10. The fraction of sp³-hybridized carbons (Fsp3) is 0.150. The summed E-state index contributed by atoms with van der Waals surface area (Å²) in [6.07, 6.45) is 0. The first-order valence-corrected chi connectivity index (χ1v) is 8.18. The highest BCUT2D eigenvalue weighted by atomic mass is 19.1. The fourth-order valence-corrected chi connectivity index (χ4v) is 2.99. The summed E-state index contributed by atoms with van der Waals surface area (Å²) in [5.41, 5.74) is 0.175. The van der Waals surface area contributed by atoms with Gasteiger partial charge in [0.15, 0.2) is 0 Å². The summed E-state index contributed by atoms with van der Waals surface area (Å²) < 4.78 is 29.5. The number of carbonyl (C=O) groups is 2. The molecular formula is C20H17F2N3O2. The van der Waals surface area contributed by atoms with Gasteiger partial charge in [0, 0.05) is 14.1 Å². The number of halogens is 2. The van der Waals surface area contributed by atoms with E-state index in [9.17, 15) is 18.4 Å². The van der Waals surface area contributed by atoms with Crippen LogP contribution in [0.3, 0.4) is 0 Å². The molecule has 0 spiro atoms. The highest BCUT2D eigenvalue weighted by Gasteiger charge is 2.29. The van der Waals surface area contributed by atoms with Gasteiger partial charge in [-0.3, -0.25) is 19.2 Å². The van der Waals surface area contributed by atoms with E-state index >= 15 is 0 Å². The molecule has 0 fully saturated rings. The van der Waals surface area contributed by atoms with E-state index in [1.165, 1.54) is 48.1 Å². The summed E-state index contributed by atoms with van der Waals surface area (Å²) in [7, 11) is 2.98. The van der Waals surface area contributed by atoms with Crippen LogP contribution in [-0.2, 0) is 7.05 Å². The molecule has 0 radical (unpaired) electrons. The highest BCUT2D eigenvalue weighted by Crippen LogP contribution is 2.27. The third-order valence-electron chi connectivity index (χ3n) is 4.26. The summed E-state index contributed by atoms with van der Waals surface area (Å²) >= 11 is 0. The number of benzene rings is 2. The second-order valence-electron chi connectivity index (χ2n) is 6.06. The monoisotopic (exact) mass is 369 g/mol. The van der Waals surface area contributed by atoms with Crippen LogP contribution < -0.4 is 4.90 Å². The molecule has 0 aliphatic rings. The second-order valence-corrected chi connectivity index (χ2v) is 6.06. The SMILES string of the molecule is Cc1nn(C)c(N(C)C(=O)c2ccccc2F)c1C(=O)c1ccccc1F. The van der Waals surface area contributed by atoms with E-state index in [-0.39, 0.29) is 22.5 Å². The zero-order chi connectivity index (χ0) is 19.7. The Bertz CT molecular complexity index is 1040. The van der Waals surface area contributed by atoms with Crippen molar-refractivity contribution in [1.82, 2.24) is 9.78 Å². The van der Waals surface area contributed by atoms with E-state index in [4.69, 9.17) is 0 Å². The molecule has 1 heterocycles. The van der Waals surface area contributed by atoms with Crippen LogP contribution in [0.4, 0.5) is 14.6 Å². The number of amides is 1. The molecule has 1 aromatic heterocycles. The number of hydrogen-bond donors (Lipinski definition) is 0. The second kappa shape index (κ2) is 7.11. The van der Waals surface area contributed by atoms with Crippen LogP contribution in [0.15, 0.2) is 48.5 Å². The molecule has 27 heavy (non-hydrogen) atoms. The first-order chi connectivity index (χ1) is 12.8. The third-order valence-corrected chi connectivity index (χ3v) is 4.26. The van der Waals surface area contributed by atoms with Crippen molar-refractivity contribution in [3.8, 4) is 0 Å². The van der Waals surface area contributed by atoms with Gasteiger partial charge in [0.05, 0.1) is 22.4 Å². The molecule has 3 rings (SSSR count). The summed E-state index contributed by atoms with van der Waals surface area (Å²) in [6.45, 7) is 1.60. The molecule has 2 aromatic carbocycles. The lowest BCUT2D eigenvalue weighted by Gasteiger charge is -2.19. The van der Waals surface area contributed by atoms with Crippen LogP contribution in [0.2, 0.25) is 0 Å². The lowest BCUT2D eigenvalue weighted by Crippen LogP contribution is -2.30. The molecule has 0 saturated carbocycles. The third kappa shape index (κ3) is 3.23. The van der Waals surface area contributed by atoms with Gasteiger partial charge in [-0.05, 0) is 31.2 Å². The number of nitrogens with zero attached hydrogens (tertiary/aromatic N) is 3. The molecule has 7 heteroatoms. The topological polar surface area (TPSA) is 55.2 Å². The molecule has 5 nitrogen and oxygen atoms in total. The van der Waals surface area contributed by atoms with Crippen molar-refractivity contribution in [2.75, 3.05) is 11.9 Å². The molecule has 0 saturated heterocycles. The van der Waals surface area contributed by atoms with Gasteiger partial charge < -0.3 is 0 Å². The largest absolute Gasteiger partial charge is 0.295 e. The molecule has 0 aliphatic heterocycles. The first kappa shape index (κ1) is 18.4. The molecule has 0 aliphatic carbocycles. The van der Waals surface area contributed by atoms with Gasteiger partial charge in [-0.25, -0.2) is 8.78 Å². The van der Waals surface area contributed by atoms with Crippen molar-refractivity contribution in [3.63, 3.8) is 0 Å². The molecule has 3 aromatic rings. The van der Waals surface area contributed by atoms with Gasteiger partial charge in [0.1, 0.15) is 17.5 Å². The summed E-state index contributed by atoms with van der Waals surface area (Å²) in [5.74, 6) is -2.41. The minimum absolute atomic E-state index is 0.0924. The Hall–Kier alpha value is -3.35. The quantitative estimate of drug-likeness (QED) is 0.662. The van der Waals surface area contributed by atoms with E-state index in [1.807, 2.05) is 0 Å². The van der Waals surface area contributed by atoms with Crippen molar-refractivity contribution >= 4 is 17.5 Å². The Morgan fingerprint density at radius 1 is 0.963 bits per heavy atom. The number of aromatic nitrogens is 2. The van der Waals surface area contributed by atoms with Crippen molar-refractivity contribution in [2.45, 2.75) is 6.92 Å². The van der Waals surface area contributed by atoms with Gasteiger partial charge >= 0.3 is 0 Å². The highest BCUT2D eigenvalue weighted by molar-refractivity contribution is 6.16. The lowest BCUT2D eigenvalue weighted by atomic mass is 10.0. The molecule has 0 unspecified atom stereocenters. The Morgan fingerprint density at radius 2 is 1.48 bits per heavy atom. The van der Waals surface area contributed by atoms with Gasteiger partial charge in [0.2, 0.25) is 5.78 Å². The van der Waals surface area contributed by atoms with Crippen LogP contribution in [0.5, 0.6) is 0 Å². The average molecular weight is 369 g/mol. The maximum Gasteiger partial charge on any atom is 0.262 e. The Morgan fingerprint density at radius 3 is 2.04 bits per heavy atom. The summed E-state index contributed by atoms with van der Waals surface area (Å²) in [5, 5.41) is 4.19. The van der Waals surface area contributed by atoms with Crippen LogP contribution in [0.25, 0.3) is 0 Å². The fourth-order valence-electron chi connectivity index (χ4n) is 2.99. The van der Waals surface area contributed by atoms with Gasteiger partial charge in [0.25, 0.3) is 5.91 Å². The smallest absolute Gasteiger partial charge is 0.262 e. The van der Waals surface area contributed by atoms with E-state index < -0.39 is 23.3 Å². The van der Waals surface area contributed by atoms with Crippen LogP contribution in [0.1, 0.15) is 32.0 Å². The lowest BCUT2D eigenvalue weighted by molar-refractivity contribution is 0.0987. The summed E-state index contributed by atoms with van der Waals surface area (Å²) in [6, 6.07) is 11.2. The van der Waals surface area contributed by atoms with E-state index in [1.54, 1.807) is 26.1 Å². The number of anilines is 1. The Kier molecular flexibility index (Phi) is 4.85. The molecule has 0 atom stereocenters.